The van der Waals surface area contributed by atoms with Gasteiger partial charge in [0.2, 0.25) is 6.29 Å². The quantitative estimate of drug-likeness (QED) is 0.726. The number of rotatable bonds is 2. The highest BCUT2D eigenvalue weighted by atomic mass is 19.1. The molecule has 0 aromatic heterocycles. The first-order valence-corrected chi connectivity index (χ1v) is 4.54. The Morgan fingerprint density at radius 1 is 0.933 bits per heavy atom. The zero-order chi connectivity index (χ0) is 10.7. The van der Waals surface area contributed by atoms with Crippen molar-refractivity contribution < 1.29 is 9.18 Å². The van der Waals surface area contributed by atoms with Gasteiger partial charge in [0.25, 0.3) is 0 Å². The highest BCUT2D eigenvalue weighted by Crippen LogP contribution is 2.22. The minimum atomic E-state index is -0.286. The number of benzene rings is 2. The molecule has 0 atom stereocenters. The molecular weight excluding hydrogens is 191 g/mol. The van der Waals surface area contributed by atoms with Crippen LogP contribution >= 0.6 is 0 Å². The van der Waals surface area contributed by atoms with Crippen LogP contribution in [0.2, 0.25) is 0 Å². The molecule has 2 aromatic rings. The summed E-state index contributed by atoms with van der Waals surface area (Å²) in [6, 6.07) is 13.1. The van der Waals surface area contributed by atoms with Gasteiger partial charge >= 0.3 is 0 Å². The fourth-order valence-corrected chi connectivity index (χ4v) is 1.45. The van der Waals surface area contributed by atoms with E-state index in [0.717, 1.165) is 11.1 Å². The number of carbonyl (C=O) groups excluding carboxylic acids is 1. The van der Waals surface area contributed by atoms with E-state index in [1.165, 1.54) is 12.1 Å². The first kappa shape index (κ1) is 9.59. The van der Waals surface area contributed by atoms with Gasteiger partial charge in [0.15, 0.2) is 0 Å². The minimum absolute atomic E-state index is 0.286. The second-order valence-electron chi connectivity index (χ2n) is 3.15. The number of halogens is 1. The Kier molecular flexibility index (Phi) is 2.59. The second kappa shape index (κ2) is 4.05. The molecule has 0 aliphatic carbocycles. The summed E-state index contributed by atoms with van der Waals surface area (Å²) >= 11 is 0. The van der Waals surface area contributed by atoms with E-state index in [2.05, 4.69) is 0 Å². The van der Waals surface area contributed by atoms with E-state index in [1.54, 1.807) is 24.3 Å². The average molecular weight is 199 g/mol. The van der Waals surface area contributed by atoms with Crippen LogP contribution in [0.15, 0.2) is 48.5 Å². The molecular formula is C13H8FO. The maximum absolute atomic E-state index is 12.7. The molecule has 15 heavy (non-hydrogen) atoms. The van der Waals surface area contributed by atoms with Crippen molar-refractivity contribution in [1.29, 1.82) is 0 Å². The van der Waals surface area contributed by atoms with Crippen LogP contribution in [0.4, 0.5) is 4.39 Å². The van der Waals surface area contributed by atoms with Crippen LogP contribution in [-0.4, -0.2) is 6.29 Å². The third-order valence-electron chi connectivity index (χ3n) is 2.19. The van der Waals surface area contributed by atoms with Crippen LogP contribution in [-0.2, 0) is 4.79 Å². The van der Waals surface area contributed by atoms with Crippen LogP contribution in [0.1, 0.15) is 5.56 Å². The van der Waals surface area contributed by atoms with Crippen molar-refractivity contribution >= 4 is 6.29 Å². The second-order valence-corrected chi connectivity index (χ2v) is 3.15. The van der Waals surface area contributed by atoms with Gasteiger partial charge in [-0.1, -0.05) is 36.4 Å². The average Bonchev–Trinajstić information content (AvgIpc) is 2.30. The highest BCUT2D eigenvalue weighted by Gasteiger charge is 2.03. The van der Waals surface area contributed by atoms with Gasteiger partial charge in [-0.25, -0.2) is 4.39 Å². The summed E-state index contributed by atoms with van der Waals surface area (Å²) in [5, 5.41) is 0. The lowest BCUT2D eigenvalue weighted by Crippen LogP contribution is -1.87. The first-order chi connectivity index (χ1) is 7.31. The summed E-state index contributed by atoms with van der Waals surface area (Å²) in [6.07, 6.45) is 1.86. The SMILES string of the molecule is O=[C]c1ccccc1-c1ccc(F)cc1. The molecule has 0 heterocycles. The molecule has 73 valence electrons. The number of hydrogen-bond donors (Lipinski definition) is 0. The van der Waals surface area contributed by atoms with E-state index in [-0.39, 0.29) is 5.82 Å². The van der Waals surface area contributed by atoms with Crippen molar-refractivity contribution in [3.8, 4) is 11.1 Å². The lowest BCUT2D eigenvalue weighted by Gasteiger charge is -2.03. The zero-order valence-electron chi connectivity index (χ0n) is 7.91. The monoisotopic (exact) mass is 199 g/mol. The molecule has 0 aliphatic rings. The van der Waals surface area contributed by atoms with E-state index >= 15 is 0 Å². The van der Waals surface area contributed by atoms with Crippen LogP contribution in [0.3, 0.4) is 0 Å². The normalized spacial score (nSPS) is 9.93. The summed E-state index contributed by atoms with van der Waals surface area (Å²) in [5.74, 6) is -0.286. The molecule has 0 saturated heterocycles. The Morgan fingerprint density at radius 3 is 2.27 bits per heavy atom. The van der Waals surface area contributed by atoms with Crippen molar-refractivity contribution in [2.24, 2.45) is 0 Å². The van der Waals surface area contributed by atoms with E-state index < -0.39 is 0 Å². The van der Waals surface area contributed by atoms with Gasteiger partial charge < -0.3 is 0 Å². The lowest BCUT2D eigenvalue weighted by molar-refractivity contribution is 0.563. The molecule has 0 amide bonds. The topological polar surface area (TPSA) is 17.1 Å². The molecule has 2 heteroatoms. The van der Waals surface area contributed by atoms with Gasteiger partial charge in [-0.05, 0) is 23.3 Å². The summed E-state index contributed by atoms with van der Waals surface area (Å²) in [5.41, 5.74) is 2.08. The standard InChI is InChI=1S/C13H8FO/c14-12-7-5-10(6-8-12)13-4-2-1-3-11(13)9-15/h1-8H. The molecule has 2 rings (SSSR count). The Hall–Kier alpha value is -1.96. The minimum Gasteiger partial charge on any atom is -0.285 e. The van der Waals surface area contributed by atoms with Crippen molar-refractivity contribution in [3.05, 3.63) is 59.9 Å². The van der Waals surface area contributed by atoms with Crippen LogP contribution in [0.25, 0.3) is 11.1 Å². The molecule has 0 spiro atoms. The molecule has 1 radical (unpaired) electrons. The van der Waals surface area contributed by atoms with Gasteiger partial charge in [-0.3, -0.25) is 4.79 Å². The summed E-state index contributed by atoms with van der Waals surface area (Å²) in [4.78, 5) is 10.7. The van der Waals surface area contributed by atoms with Gasteiger partial charge in [0, 0.05) is 5.56 Å². The Morgan fingerprint density at radius 2 is 1.60 bits per heavy atom. The number of hydrogen-bond acceptors (Lipinski definition) is 1. The smallest absolute Gasteiger partial charge is 0.234 e. The Bertz CT molecular complexity index is 474. The predicted octanol–water partition coefficient (Wildman–Crippen LogP) is 2.95. The van der Waals surface area contributed by atoms with Crippen molar-refractivity contribution in [1.82, 2.24) is 0 Å². The van der Waals surface area contributed by atoms with Gasteiger partial charge in [-0.2, -0.15) is 0 Å². The van der Waals surface area contributed by atoms with Crippen molar-refractivity contribution in [2.45, 2.75) is 0 Å². The van der Waals surface area contributed by atoms with E-state index in [4.69, 9.17) is 0 Å². The van der Waals surface area contributed by atoms with Gasteiger partial charge in [-0.15, -0.1) is 0 Å². The van der Waals surface area contributed by atoms with Crippen LogP contribution in [0, 0.1) is 5.82 Å². The van der Waals surface area contributed by atoms with E-state index in [1.807, 2.05) is 18.4 Å². The maximum Gasteiger partial charge on any atom is 0.234 e. The van der Waals surface area contributed by atoms with Crippen molar-refractivity contribution in [3.63, 3.8) is 0 Å². The largest absolute Gasteiger partial charge is 0.285 e. The summed E-state index contributed by atoms with van der Waals surface area (Å²) < 4.78 is 12.7. The molecule has 0 saturated carbocycles. The fourth-order valence-electron chi connectivity index (χ4n) is 1.45. The van der Waals surface area contributed by atoms with Gasteiger partial charge in [0.05, 0.1) is 0 Å². The molecule has 2 aromatic carbocycles. The van der Waals surface area contributed by atoms with Crippen LogP contribution in [0.5, 0.6) is 0 Å². The molecule has 0 fully saturated rings. The molecule has 0 N–H and O–H groups in total. The third kappa shape index (κ3) is 1.94. The summed E-state index contributed by atoms with van der Waals surface area (Å²) in [7, 11) is 0. The van der Waals surface area contributed by atoms with E-state index in [0.29, 0.717) is 5.56 Å². The van der Waals surface area contributed by atoms with E-state index in [9.17, 15) is 9.18 Å². The third-order valence-corrected chi connectivity index (χ3v) is 2.19. The Labute approximate surface area is 87.2 Å². The first-order valence-electron chi connectivity index (χ1n) is 4.54. The fraction of sp³-hybridized carbons (Fsp3) is 0. The van der Waals surface area contributed by atoms with Crippen molar-refractivity contribution in [2.75, 3.05) is 0 Å². The molecule has 0 unspecified atom stereocenters. The molecule has 0 aliphatic heterocycles. The van der Waals surface area contributed by atoms with Gasteiger partial charge in [0.1, 0.15) is 5.82 Å². The summed E-state index contributed by atoms with van der Waals surface area (Å²) in [6.45, 7) is 0. The zero-order valence-corrected chi connectivity index (χ0v) is 7.91. The Balaban J connectivity index is 2.53. The maximum atomic E-state index is 12.7. The molecule has 1 nitrogen and oxygen atoms in total. The van der Waals surface area contributed by atoms with Crippen LogP contribution < -0.4 is 0 Å². The lowest BCUT2D eigenvalue weighted by atomic mass is 10.0. The highest BCUT2D eigenvalue weighted by molar-refractivity contribution is 5.87. The molecule has 0 bridgehead atoms. The predicted molar refractivity (Wildman–Crippen MR) is 56.6 cm³/mol.